The molecule has 0 N–H and O–H groups in total. The summed E-state index contributed by atoms with van der Waals surface area (Å²) in [7, 11) is 0. The summed E-state index contributed by atoms with van der Waals surface area (Å²) in [6, 6.07) is -0.548. The second kappa shape index (κ2) is 3.97. The summed E-state index contributed by atoms with van der Waals surface area (Å²) in [5.74, 6) is -0.0506. The molecule has 0 unspecified atom stereocenters. The number of hydrogen-bond acceptors (Lipinski definition) is 2. The van der Waals surface area contributed by atoms with Crippen molar-refractivity contribution in [2.24, 2.45) is 5.11 Å². The van der Waals surface area contributed by atoms with Crippen LogP contribution in [-0.4, -0.2) is 29.9 Å². The maximum Gasteiger partial charge on any atom is 0.231 e. The molecule has 1 saturated heterocycles. The van der Waals surface area contributed by atoms with Gasteiger partial charge in [-0.1, -0.05) is 5.11 Å². The van der Waals surface area contributed by atoms with Crippen LogP contribution in [0.1, 0.15) is 19.8 Å². The summed E-state index contributed by atoms with van der Waals surface area (Å²) in [4.78, 5) is 15.8. The van der Waals surface area contributed by atoms with E-state index in [1.165, 1.54) is 0 Å². The molecule has 5 nitrogen and oxygen atoms in total. The lowest BCUT2D eigenvalue weighted by atomic mass is 10.3. The summed E-state index contributed by atoms with van der Waals surface area (Å²) in [6.45, 7) is 3.24. The highest BCUT2D eigenvalue weighted by Gasteiger charge is 2.21. The van der Waals surface area contributed by atoms with Crippen LogP contribution in [-0.2, 0) is 4.79 Å². The fourth-order valence-electron chi connectivity index (χ4n) is 1.33. The Hall–Kier alpha value is -1.22. The molecule has 12 heavy (non-hydrogen) atoms. The van der Waals surface area contributed by atoms with Gasteiger partial charge in [0.2, 0.25) is 5.91 Å². The number of rotatable bonds is 2. The summed E-state index contributed by atoms with van der Waals surface area (Å²) in [5, 5.41) is 3.36. The topological polar surface area (TPSA) is 69.1 Å². The van der Waals surface area contributed by atoms with Gasteiger partial charge >= 0.3 is 0 Å². The summed E-state index contributed by atoms with van der Waals surface area (Å²) >= 11 is 0. The van der Waals surface area contributed by atoms with E-state index in [1.54, 1.807) is 11.8 Å². The first-order valence-corrected chi connectivity index (χ1v) is 4.08. The molecule has 1 fully saturated rings. The lowest BCUT2D eigenvalue weighted by Gasteiger charge is -2.16. The van der Waals surface area contributed by atoms with Crippen molar-refractivity contribution in [3.63, 3.8) is 0 Å². The van der Waals surface area contributed by atoms with Gasteiger partial charge in [-0.3, -0.25) is 4.79 Å². The number of hydrogen-bond donors (Lipinski definition) is 0. The van der Waals surface area contributed by atoms with Gasteiger partial charge in [-0.15, -0.1) is 0 Å². The fourth-order valence-corrected chi connectivity index (χ4v) is 1.33. The molecule has 1 aliphatic rings. The highest BCUT2D eigenvalue weighted by Crippen LogP contribution is 2.10. The standard InChI is InChI=1S/C7H12N4O/c1-6(9-10-8)7(12)11-4-2-3-5-11/h6H,2-5H2,1H3/t6-/m0/s1. The van der Waals surface area contributed by atoms with E-state index >= 15 is 0 Å². The molecule has 0 spiro atoms. The van der Waals surface area contributed by atoms with Crippen LogP contribution in [0.15, 0.2) is 5.11 Å². The van der Waals surface area contributed by atoms with Gasteiger partial charge in [0.05, 0.1) is 0 Å². The molecule has 0 aromatic carbocycles. The Balaban J connectivity index is 2.50. The molecular formula is C7H12N4O. The molecule has 1 amide bonds. The van der Waals surface area contributed by atoms with Gasteiger partial charge in [-0.25, -0.2) is 0 Å². The minimum Gasteiger partial charge on any atom is -0.342 e. The van der Waals surface area contributed by atoms with Gasteiger partial charge in [0, 0.05) is 18.0 Å². The Labute approximate surface area is 71.0 Å². The van der Waals surface area contributed by atoms with E-state index in [4.69, 9.17) is 5.53 Å². The lowest BCUT2D eigenvalue weighted by Crippen LogP contribution is -2.34. The van der Waals surface area contributed by atoms with Crippen LogP contribution in [0.4, 0.5) is 0 Å². The van der Waals surface area contributed by atoms with Gasteiger partial charge in [0.15, 0.2) is 0 Å². The Bertz CT molecular complexity index is 215. The zero-order valence-electron chi connectivity index (χ0n) is 7.10. The zero-order valence-corrected chi connectivity index (χ0v) is 7.10. The largest absolute Gasteiger partial charge is 0.342 e. The lowest BCUT2D eigenvalue weighted by molar-refractivity contribution is -0.131. The molecule has 5 heteroatoms. The zero-order chi connectivity index (χ0) is 8.97. The monoisotopic (exact) mass is 168 g/mol. The molecule has 0 radical (unpaired) electrons. The summed E-state index contributed by atoms with van der Waals surface area (Å²) < 4.78 is 0. The number of carbonyl (C=O) groups excluding carboxylic acids is 1. The third-order valence-electron chi connectivity index (χ3n) is 2.00. The van der Waals surface area contributed by atoms with E-state index in [-0.39, 0.29) is 5.91 Å². The van der Waals surface area contributed by atoms with Crippen molar-refractivity contribution in [3.05, 3.63) is 10.4 Å². The second-order valence-corrected chi connectivity index (χ2v) is 2.91. The Morgan fingerprint density at radius 2 is 2.17 bits per heavy atom. The van der Waals surface area contributed by atoms with Gasteiger partial charge in [0.1, 0.15) is 6.04 Å². The molecule has 66 valence electrons. The second-order valence-electron chi connectivity index (χ2n) is 2.91. The smallest absolute Gasteiger partial charge is 0.231 e. The first-order chi connectivity index (χ1) is 5.75. The van der Waals surface area contributed by atoms with Crippen molar-refractivity contribution < 1.29 is 4.79 Å². The molecule has 1 rings (SSSR count). The molecule has 1 aliphatic heterocycles. The molecule has 0 aromatic heterocycles. The molecule has 1 atom stereocenters. The van der Waals surface area contributed by atoms with Crippen molar-refractivity contribution in [2.45, 2.75) is 25.8 Å². The van der Waals surface area contributed by atoms with Gasteiger partial charge in [-0.05, 0) is 25.3 Å². The van der Waals surface area contributed by atoms with Crippen molar-refractivity contribution in [1.29, 1.82) is 0 Å². The van der Waals surface area contributed by atoms with Gasteiger partial charge in [0.25, 0.3) is 0 Å². The van der Waals surface area contributed by atoms with E-state index in [2.05, 4.69) is 10.0 Å². The number of nitrogens with zero attached hydrogens (tertiary/aromatic N) is 4. The molecule has 0 aromatic rings. The number of carbonyl (C=O) groups is 1. The number of azide groups is 1. The normalized spacial score (nSPS) is 18.6. The SMILES string of the molecule is C[C@H](N=[N+]=[N-])C(=O)N1CCCC1. The summed E-state index contributed by atoms with van der Waals surface area (Å²) in [5.41, 5.74) is 8.12. The number of amides is 1. The van der Waals surface area contributed by atoms with E-state index in [0.29, 0.717) is 0 Å². The van der Waals surface area contributed by atoms with E-state index in [0.717, 1.165) is 25.9 Å². The summed E-state index contributed by atoms with van der Waals surface area (Å²) in [6.07, 6.45) is 2.13. The maximum absolute atomic E-state index is 11.4. The minimum absolute atomic E-state index is 0.0506. The molecular weight excluding hydrogens is 156 g/mol. The predicted octanol–water partition coefficient (Wildman–Crippen LogP) is 1.31. The third-order valence-corrected chi connectivity index (χ3v) is 2.00. The molecule has 0 saturated carbocycles. The average Bonchev–Trinajstić information content (AvgIpc) is 2.55. The Morgan fingerprint density at radius 1 is 1.58 bits per heavy atom. The first-order valence-electron chi connectivity index (χ1n) is 4.08. The fraction of sp³-hybridized carbons (Fsp3) is 0.857. The van der Waals surface area contributed by atoms with Crippen LogP contribution in [0.2, 0.25) is 0 Å². The average molecular weight is 168 g/mol. The van der Waals surface area contributed by atoms with Crippen molar-refractivity contribution in [1.82, 2.24) is 4.90 Å². The highest BCUT2D eigenvalue weighted by molar-refractivity contribution is 5.81. The Morgan fingerprint density at radius 3 is 2.67 bits per heavy atom. The van der Waals surface area contributed by atoms with Crippen LogP contribution >= 0.6 is 0 Å². The first kappa shape index (κ1) is 8.87. The van der Waals surface area contributed by atoms with Crippen LogP contribution in [0.3, 0.4) is 0 Å². The molecule has 1 heterocycles. The van der Waals surface area contributed by atoms with Crippen LogP contribution in [0, 0.1) is 0 Å². The molecule has 0 aliphatic carbocycles. The van der Waals surface area contributed by atoms with Crippen LogP contribution in [0.5, 0.6) is 0 Å². The minimum atomic E-state index is -0.548. The predicted molar refractivity (Wildman–Crippen MR) is 44.4 cm³/mol. The van der Waals surface area contributed by atoms with Crippen molar-refractivity contribution >= 4 is 5.91 Å². The van der Waals surface area contributed by atoms with Gasteiger partial charge in [-0.2, -0.15) is 0 Å². The van der Waals surface area contributed by atoms with Gasteiger partial charge < -0.3 is 4.90 Å². The third kappa shape index (κ3) is 1.89. The number of likely N-dealkylation sites (tertiary alicyclic amines) is 1. The van der Waals surface area contributed by atoms with Crippen LogP contribution in [0.25, 0.3) is 10.4 Å². The van der Waals surface area contributed by atoms with Crippen molar-refractivity contribution in [3.8, 4) is 0 Å². The quantitative estimate of drug-likeness (QED) is 0.348. The Kier molecular flexibility index (Phi) is 2.94. The molecule has 0 bridgehead atoms. The maximum atomic E-state index is 11.4. The van der Waals surface area contributed by atoms with E-state index in [9.17, 15) is 4.79 Å². The van der Waals surface area contributed by atoms with Crippen LogP contribution < -0.4 is 0 Å². The highest BCUT2D eigenvalue weighted by atomic mass is 16.2. The van der Waals surface area contributed by atoms with Crippen molar-refractivity contribution in [2.75, 3.05) is 13.1 Å². The van der Waals surface area contributed by atoms with E-state index in [1.807, 2.05) is 0 Å². The van der Waals surface area contributed by atoms with E-state index < -0.39 is 6.04 Å².